The lowest BCUT2D eigenvalue weighted by Crippen LogP contribution is -2.24. The van der Waals surface area contributed by atoms with Gasteiger partial charge in [-0.1, -0.05) is 12.1 Å². The van der Waals surface area contributed by atoms with Crippen molar-refractivity contribution in [1.29, 1.82) is 0 Å². The molecular weight excluding hydrogens is 325 g/mol. The van der Waals surface area contributed by atoms with Gasteiger partial charge in [-0.15, -0.1) is 24.2 Å². The highest BCUT2D eigenvalue weighted by Crippen LogP contribution is 2.25. The van der Waals surface area contributed by atoms with E-state index in [1.54, 1.807) is 23.9 Å². The zero-order valence-electron chi connectivity index (χ0n) is 12.9. The minimum atomic E-state index is -0.215. The van der Waals surface area contributed by atoms with Crippen molar-refractivity contribution in [1.82, 2.24) is 15.5 Å². The van der Waals surface area contributed by atoms with Crippen molar-refractivity contribution in [2.75, 3.05) is 12.8 Å². The molecule has 1 aromatic heterocycles. The maximum absolute atomic E-state index is 12.8. The first-order valence-corrected chi connectivity index (χ1v) is 7.95. The summed E-state index contributed by atoms with van der Waals surface area (Å²) < 4.78 is 18.2. The molecule has 7 heteroatoms. The van der Waals surface area contributed by atoms with Gasteiger partial charge in [-0.05, 0) is 38.2 Å². The van der Waals surface area contributed by atoms with Gasteiger partial charge in [0.1, 0.15) is 5.82 Å². The van der Waals surface area contributed by atoms with Crippen LogP contribution < -0.4 is 5.32 Å². The fraction of sp³-hybridized carbons (Fsp3) is 0.467. The molecule has 4 nitrogen and oxygen atoms in total. The van der Waals surface area contributed by atoms with Crippen molar-refractivity contribution in [2.24, 2.45) is 0 Å². The van der Waals surface area contributed by atoms with E-state index in [-0.39, 0.29) is 24.1 Å². The molecule has 2 atom stereocenters. The molecule has 0 amide bonds. The van der Waals surface area contributed by atoms with E-state index >= 15 is 0 Å². The third-order valence-corrected chi connectivity index (χ3v) is 4.47. The van der Waals surface area contributed by atoms with Gasteiger partial charge in [-0.3, -0.25) is 0 Å². The first-order valence-electron chi connectivity index (χ1n) is 6.96. The smallest absolute Gasteiger partial charge is 0.230 e. The Labute approximate surface area is 140 Å². The Morgan fingerprint density at radius 3 is 2.59 bits per heavy atom. The summed E-state index contributed by atoms with van der Waals surface area (Å²) in [4.78, 5) is 5.47. The molecule has 1 aromatic carbocycles. The Hall–Kier alpha value is -1.11. The Morgan fingerprint density at radius 1 is 1.27 bits per heavy atom. The van der Waals surface area contributed by atoms with Crippen LogP contribution in [0.3, 0.4) is 0 Å². The van der Waals surface area contributed by atoms with Gasteiger partial charge in [0.05, 0.1) is 0 Å². The zero-order valence-corrected chi connectivity index (χ0v) is 14.5. The molecule has 0 fully saturated rings. The van der Waals surface area contributed by atoms with Gasteiger partial charge >= 0.3 is 0 Å². The quantitative estimate of drug-likeness (QED) is 0.776. The largest absolute Gasteiger partial charge is 0.339 e. The molecule has 0 aliphatic heterocycles. The maximum Gasteiger partial charge on any atom is 0.230 e. The lowest BCUT2D eigenvalue weighted by Gasteiger charge is -2.06. The number of benzene rings is 1. The van der Waals surface area contributed by atoms with Crippen LogP contribution in [0.15, 0.2) is 33.7 Å². The highest BCUT2D eigenvalue weighted by molar-refractivity contribution is 7.99. The number of likely N-dealkylation sites (N-methyl/N-ethyl adjacent to an activating group) is 1. The second-order valence-corrected chi connectivity index (χ2v) is 6.20. The second kappa shape index (κ2) is 9.12. The van der Waals surface area contributed by atoms with Gasteiger partial charge in [-0.25, -0.2) is 4.39 Å². The monoisotopic (exact) mass is 345 g/mol. The van der Waals surface area contributed by atoms with Crippen LogP contribution >= 0.6 is 24.2 Å². The van der Waals surface area contributed by atoms with Crippen molar-refractivity contribution in [3.8, 4) is 0 Å². The minimum Gasteiger partial charge on any atom is -0.339 e. The summed E-state index contributed by atoms with van der Waals surface area (Å²) in [5.41, 5.74) is 0. The summed E-state index contributed by atoms with van der Waals surface area (Å²) >= 11 is 1.65. The van der Waals surface area contributed by atoms with E-state index in [0.717, 1.165) is 22.9 Å². The van der Waals surface area contributed by atoms with Crippen LogP contribution in [0.1, 0.15) is 31.5 Å². The first-order chi connectivity index (χ1) is 10.1. The molecular formula is C15H21ClFN3OS. The van der Waals surface area contributed by atoms with Crippen LogP contribution in [-0.2, 0) is 6.42 Å². The standard InChI is InChI=1S/C15H20FN3OS.ClH/c1-10(9-21-13-6-4-12(16)5-7-13)15-18-14(19-20-15)8-11(2)17-3;/h4-7,10-11,17H,8-9H2,1-3H3;1H. The van der Waals surface area contributed by atoms with E-state index in [0.29, 0.717) is 11.9 Å². The van der Waals surface area contributed by atoms with Crippen LogP contribution in [0.5, 0.6) is 0 Å². The SMILES string of the molecule is CNC(C)Cc1noc(C(C)CSc2ccc(F)cc2)n1.Cl. The van der Waals surface area contributed by atoms with Crippen LogP contribution in [0.2, 0.25) is 0 Å². The molecule has 0 aliphatic carbocycles. The summed E-state index contributed by atoms with van der Waals surface area (Å²) in [5, 5.41) is 7.15. The van der Waals surface area contributed by atoms with Crippen LogP contribution in [-0.4, -0.2) is 29.0 Å². The highest BCUT2D eigenvalue weighted by Gasteiger charge is 2.15. The van der Waals surface area contributed by atoms with Gasteiger partial charge in [0.15, 0.2) is 5.82 Å². The Bertz CT molecular complexity index is 564. The van der Waals surface area contributed by atoms with Gasteiger partial charge in [0.2, 0.25) is 5.89 Å². The summed E-state index contributed by atoms with van der Waals surface area (Å²) in [7, 11) is 1.91. The van der Waals surface area contributed by atoms with Crippen molar-refractivity contribution in [3.63, 3.8) is 0 Å². The molecule has 2 aromatic rings. The molecule has 0 aliphatic rings. The van der Waals surface area contributed by atoms with E-state index < -0.39 is 0 Å². The zero-order chi connectivity index (χ0) is 15.2. The number of nitrogens with one attached hydrogen (secondary N) is 1. The van der Waals surface area contributed by atoms with Crippen LogP contribution in [0.4, 0.5) is 4.39 Å². The predicted octanol–water partition coefficient (Wildman–Crippen LogP) is 3.68. The average molecular weight is 346 g/mol. The minimum absolute atomic E-state index is 0. The molecule has 0 radical (unpaired) electrons. The number of thioether (sulfide) groups is 1. The van der Waals surface area contributed by atoms with Gasteiger partial charge in [0.25, 0.3) is 0 Å². The lowest BCUT2D eigenvalue weighted by atomic mass is 10.2. The van der Waals surface area contributed by atoms with Crippen molar-refractivity contribution in [2.45, 2.75) is 37.1 Å². The van der Waals surface area contributed by atoms with Crippen molar-refractivity contribution < 1.29 is 8.91 Å². The average Bonchev–Trinajstić information content (AvgIpc) is 2.94. The normalized spacial score (nSPS) is 13.5. The second-order valence-electron chi connectivity index (χ2n) is 5.11. The van der Waals surface area contributed by atoms with Gasteiger partial charge in [0, 0.05) is 29.0 Å². The Morgan fingerprint density at radius 2 is 1.95 bits per heavy atom. The molecule has 122 valence electrons. The van der Waals surface area contributed by atoms with E-state index in [2.05, 4.69) is 29.3 Å². The summed E-state index contributed by atoms with van der Waals surface area (Å²) in [6.45, 7) is 4.12. The van der Waals surface area contributed by atoms with Crippen LogP contribution in [0, 0.1) is 5.82 Å². The van der Waals surface area contributed by atoms with Crippen LogP contribution in [0.25, 0.3) is 0 Å². The number of halogens is 2. The molecule has 0 bridgehead atoms. The number of nitrogens with zero attached hydrogens (tertiary/aromatic N) is 2. The number of rotatable bonds is 7. The maximum atomic E-state index is 12.8. The van der Waals surface area contributed by atoms with E-state index in [4.69, 9.17) is 4.52 Å². The summed E-state index contributed by atoms with van der Waals surface area (Å²) in [6, 6.07) is 6.81. The van der Waals surface area contributed by atoms with E-state index in [1.807, 2.05) is 7.05 Å². The molecule has 1 heterocycles. The molecule has 2 unspecified atom stereocenters. The molecule has 0 saturated heterocycles. The molecule has 22 heavy (non-hydrogen) atoms. The van der Waals surface area contributed by atoms with Crippen molar-refractivity contribution in [3.05, 3.63) is 41.8 Å². The van der Waals surface area contributed by atoms with E-state index in [1.165, 1.54) is 12.1 Å². The number of aromatic nitrogens is 2. The summed E-state index contributed by atoms with van der Waals surface area (Å²) in [6.07, 6.45) is 0.748. The Kier molecular flexibility index (Phi) is 7.85. The van der Waals surface area contributed by atoms with Gasteiger partial charge in [-0.2, -0.15) is 4.98 Å². The molecule has 0 spiro atoms. The van der Waals surface area contributed by atoms with Crippen molar-refractivity contribution >= 4 is 24.2 Å². The first kappa shape index (κ1) is 18.9. The van der Waals surface area contributed by atoms with Gasteiger partial charge < -0.3 is 9.84 Å². The Balaban J connectivity index is 0.00000242. The fourth-order valence-corrected chi connectivity index (χ4v) is 2.66. The topological polar surface area (TPSA) is 51.0 Å². The third-order valence-electron chi connectivity index (χ3n) is 3.20. The molecule has 0 saturated carbocycles. The third kappa shape index (κ3) is 5.59. The van der Waals surface area contributed by atoms with E-state index in [9.17, 15) is 4.39 Å². The highest BCUT2D eigenvalue weighted by atomic mass is 35.5. The fourth-order valence-electron chi connectivity index (χ4n) is 1.75. The predicted molar refractivity (Wildman–Crippen MR) is 89.3 cm³/mol. The summed E-state index contributed by atoms with van der Waals surface area (Å²) in [5.74, 6) is 2.14. The number of hydrogen-bond donors (Lipinski definition) is 1. The molecule has 1 N–H and O–H groups in total. The lowest BCUT2D eigenvalue weighted by molar-refractivity contribution is 0.360. The molecule has 2 rings (SSSR count). The number of hydrogen-bond acceptors (Lipinski definition) is 5.